The van der Waals surface area contributed by atoms with Gasteiger partial charge in [0.25, 0.3) is 0 Å². The van der Waals surface area contributed by atoms with Crippen molar-refractivity contribution in [2.24, 2.45) is 0 Å². The summed E-state index contributed by atoms with van der Waals surface area (Å²) in [5.74, 6) is -2.68. The monoisotopic (exact) mass is 1010 g/mol. The molecule has 0 amide bonds. The summed E-state index contributed by atoms with van der Waals surface area (Å²) in [6.07, 6.45) is 9.75. The molecule has 0 aliphatic rings. The topological polar surface area (TPSA) is 209 Å². The number of carboxylic acids is 2. The predicted octanol–water partition coefficient (Wildman–Crippen LogP) is 8.93. The number of aromatic nitrogens is 10. The molecule has 0 saturated heterocycles. The number of fused-ring (bicyclic) bond motifs is 16. The molecule has 0 bridgehead atoms. The van der Waals surface area contributed by atoms with Crippen LogP contribution in [0, 0.1) is 0 Å². The van der Waals surface area contributed by atoms with Crippen LogP contribution < -0.4 is 10.2 Å². The van der Waals surface area contributed by atoms with Crippen LogP contribution in [0.15, 0.2) is 183 Å². The zero-order valence-corrected chi connectivity index (χ0v) is 38.5. The van der Waals surface area contributed by atoms with Gasteiger partial charge in [-0.15, -0.1) is 0 Å². The zero-order valence-electron chi connectivity index (χ0n) is 36.8. The number of aromatic carboxylic acids is 2. The van der Waals surface area contributed by atoms with Gasteiger partial charge in [-0.1, -0.05) is 48.5 Å². The fourth-order valence-corrected chi connectivity index (χ4v) is 8.77. The smallest absolute Gasteiger partial charge is 0.0996 e. The summed E-state index contributed by atoms with van der Waals surface area (Å²) < 4.78 is 0. The van der Waals surface area contributed by atoms with E-state index in [1.807, 2.05) is 72.8 Å². The second kappa shape index (κ2) is 18.2. The van der Waals surface area contributed by atoms with E-state index in [9.17, 15) is 19.8 Å². The van der Waals surface area contributed by atoms with Crippen LogP contribution >= 0.6 is 0 Å². The maximum atomic E-state index is 10.7. The van der Waals surface area contributed by atoms with Gasteiger partial charge in [0.1, 0.15) is 0 Å². The van der Waals surface area contributed by atoms with E-state index in [0.29, 0.717) is 0 Å². The van der Waals surface area contributed by atoms with Gasteiger partial charge in [-0.25, -0.2) is 19.9 Å². The first-order valence-electron chi connectivity index (χ1n) is 21.9. The maximum Gasteiger partial charge on any atom is 0.0996 e. The second-order valence-corrected chi connectivity index (χ2v) is 16.3. The van der Waals surface area contributed by atoms with Crippen LogP contribution in [0.2, 0.25) is 0 Å². The minimum Gasteiger partial charge on any atom is -0.545 e. The number of hydrogen-bond acceptors (Lipinski definition) is 14. The second-order valence-electron chi connectivity index (χ2n) is 16.3. The minimum atomic E-state index is -1.34. The van der Waals surface area contributed by atoms with Gasteiger partial charge in [0, 0.05) is 89.3 Å². The van der Waals surface area contributed by atoms with Crippen molar-refractivity contribution in [1.29, 1.82) is 0 Å². The van der Waals surface area contributed by atoms with E-state index in [1.54, 1.807) is 24.8 Å². The molecule has 14 aromatic rings. The van der Waals surface area contributed by atoms with Gasteiger partial charge >= 0.3 is 0 Å². The third-order valence-electron chi connectivity index (χ3n) is 12.0. The standard InChI is InChI=1S/2C22H12N4.C12H8N2O4.Ru/c2*1-2-6-14-12-18-17(11-13(14)5-1)25-21-15-7-3-9-23-19(15)20-16(22(21)26-18)8-4-10-24-20;15-11(16)7-1-3-13-9(5-7)10-6-8(12(17)18)2-4-14-10;/h2*1-12H;1-6H,(H,15,16)(H,17,18);/p-2. The Kier molecular flexibility index (Phi) is 11.3. The third kappa shape index (κ3) is 8.05. The number of hydrogen-bond donors (Lipinski definition) is 0. The van der Waals surface area contributed by atoms with E-state index in [2.05, 4.69) is 78.4 Å². The molecule has 0 aliphatic heterocycles. The van der Waals surface area contributed by atoms with E-state index in [4.69, 9.17) is 19.9 Å². The Hall–Kier alpha value is -9.46. The molecule has 14 rings (SSSR count). The van der Waals surface area contributed by atoms with Gasteiger partial charge in [-0.2, -0.15) is 0 Å². The van der Waals surface area contributed by atoms with Crippen molar-refractivity contribution in [2.45, 2.75) is 0 Å². The molecule has 15 heteroatoms. The molecular weight excluding hydrogens is 978 g/mol. The molecule has 338 valence electrons. The normalized spacial score (nSPS) is 11.2. The van der Waals surface area contributed by atoms with E-state index in [-0.39, 0.29) is 42.0 Å². The number of rotatable bonds is 3. The van der Waals surface area contributed by atoms with Crippen LogP contribution in [0.3, 0.4) is 0 Å². The van der Waals surface area contributed by atoms with Gasteiger partial charge in [0.2, 0.25) is 0 Å². The van der Waals surface area contributed by atoms with Crippen LogP contribution in [-0.2, 0) is 19.5 Å². The van der Waals surface area contributed by atoms with Crippen molar-refractivity contribution in [3.8, 4) is 11.4 Å². The van der Waals surface area contributed by atoms with E-state index < -0.39 is 11.9 Å². The first-order chi connectivity index (χ1) is 34.3. The Morgan fingerprint density at radius 1 is 0.310 bits per heavy atom. The summed E-state index contributed by atoms with van der Waals surface area (Å²) in [6.45, 7) is 0. The Labute approximate surface area is 413 Å². The summed E-state index contributed by atoms with van der Waals surface area (Å²) >= 11 is 0. The maximum absolute atomic E-state index is 10.7. The van der Waals surface area contributed by atoms with Crippen LogP contribution in [0.5, 0.6) is 0 Å². The summed E-state index contributed by atoms with van der Waals surface area (Å²) in [5, 5.41) is 30.0. The number of carbonyl (C=O) groups is 2. The Bertz CT molecular complexity index is 3970. The molecule has 0 radical (unpaired) electrons. The molecule has 8 heterocycles. The number of carboxylic acid groups (broad SMARTS) is 2. The number of benzene rings is 6. The fraction of sp³-hybridized carbons (Fsp3) is 0. The van der Waals surface area contributed by atoms with E-state index in [0.717, 1.165) is 87.7 Å². The first-order valence-corrected chi connectivity index (χ1v) is 21.9. The van der Waals surface area contributed by atoms with Crippen LogP contribution in [-0.4, -0.2) is 61.8 Å². The summed E-state index contributed by atoms with van der Waals surface area (Å²) in [4.78, 5) is 67.4. The van der Waals surface area contributed by atoms with Crippen LogP contribution in [0.1, 0.15) is 20.7 Å². The van der Waals surface area contributed by atoms with Gasteiger partial charge in [-0.3, -0.25) is 29.9 Å². The summed E-state index contributed by atoms with van der Waals surface area (Å²) in [5.41, 5.74) is 10.9. The van der Waals surface area contributed by atoms with E-state index >= 15 is 0 Å². The fourth-order valence-electron chi connectivity index (χ4n) is 8.77. The molecule has 71 heavy (non-hydrogen) atoms. The Morgan fingerprint density at radius 3 is 0.859 bits per heavy atom. The van der Waals surface area contributed by atoms with Gasteiger partial charge in [0.15, 0.2) is 0 Å². The summed E-state index contributed by atoms with van der Waals surface area (Å²) in [6, 6.07) is 46.0. The molecule has 0 unspecified atom stereocenters. The van der Waals surface area contributed by atoms with Crippen molar-refractivity contribution < 1.29 is 39.3 Å². The summed E-state index contributed by atoms with van der Waals surface area (Å²) in [7, 11) is 0. The van der Waals surface area contributed by atoms with Crippen molar-refractivity contribution in [1.82, 2.24) is 49.8 Å². The zero-order chi connectivity index (χ0) is 47.3. The third-order valence-corrected chi connectivity index (χ3v) is 12.0. The van der Waals surface area contributed by atoms with Gasteiger partial charge in [-0.05, 0) is 119 Å². The van der Waals surface area contributed by atoms with E-state index in [1.165, 1.54) is 58.2 Å². The molecule has 8 aromatic heterocycles. The molecular formula is C56H30N10O4Ru-2. The minimum absolute atomic E-state index is 0. The molecule has 0 spiro atoms. The van der Waals surface area contributed by atoms with Crippen molar-refractivity contribution >= 4 is 121 Å². The Morgan fingerprint density at radius 2 is 0.592 bits per heavy atom. The van der Waals surface area contributed by atoms with Crippen molar-refractivity contribution in [3.05, 3.63) is 194 Å². The average Bonchev–Trinajstić information content (AvgIpc) is 3.41. The van der Waals surface area contributed by atoms with Crippen LogP contribution in [0.4, 0.5) is 0 Å². The number of nitrogens with zero attached hydrogens (tertiary/aromatic N) is 10. The Balaban J connectivity index is 0.000000117. The van der Waals surface area contributed by atoms with Crippen molar-refractivity contribution in [3.63, 3.8) is 0 Å². The molecule has 0 aliphatic carbocycles. The predicted molar refractivity (Wildman–Crippen MR) is 266 cm³/mol. The molecule has 14 nitrogen and oxygen atoms in total. The first kappa shape index (κ1) is 44.1. The van der Waals surface area contributed by atoms with Crippen LogP contribution in [0.25, 0.3) is 121 Å². The quantitative estimate of drug-likeness (QED) is 0.0920. The number of pyridine rings is 6. The van der Waals surface area contributed by atoms with Crippen molar-refractivity contribution in [2.75, 3.05) is 0 Å². The molecule has 0 saturated carbocycles. The molecule has 0 N–H and O–H groups in total. The van der Waals surface area contributed by atoms with Gasteiger partial charge in [0.05, 0.1) is 89.5 Å². The molecule has 0 fully saturated rings. The van der Waals surface area contributed by atoms with Gasteiger partial charge < -0.3 is 19.8 Å². The average molecular weight is 1010 g/mol. The number of carbonyl (C=O) groups excluding carboxylic acids is 2. The molecule has 0 atom stereocenters. The largest absolute Gasteiger partial charge is 0.545 e. The molecule has 6 aromatic carbocycles. The SMILES string of the molecule is O=C([O-])c1ccnc(-c2cc(C(=O)[O-])ccn2)c1.[Ru].c1ccc2cc3nc4c5cccnc5c5ncccc5c4nc3cc2c1.c1ccc2cc3nc4c5cccnc5c5ncccc5c4nc3cc2c1.